The van der Waals surface area contributed by atoms with Crippen molar-refractivity contribution >= 4 is 27.0 Å². The van der Waals surface area contributed by atoms with E-state index in [-0.39, 0.29) is 17.8 Å². The molecule has 0 saturated carbocycles. The van der Waals surface area contributed by atoms with Crippen LogP contribution in [0.15, 0.2) is 41.8 Å². The molecule has 2 atom stereocenters. The first-order valence-electron chi connectivity index (χ1n) is 9.70. The van der Waals surface area contributed by atoms with Gasteiger partial charge in [-0.3, -0.25) is 0 Å². The number of hydrogen-bond donors (Lipinski definition) is 2. The number of quaternary nitrogens is 1. The molecule has 1 aliphatic rings. The zero-order chi connectivity index (χ0) is 20.1. The van der Waals surface area contributed by atoms with Crippen molar-refractivity contribution in [1.82, 2.24) is 4.72 Å². The van der Waals surface area contributed by atoms with E-state index in [0.29, 0.717) is 0 Å². The molecule has 2 N–H and O–H groups in total. The molecule has 1 aromatic heterocycles. The average molecular weight is 425 g/mol. The SMILES string of the molecule is CCS(=O)(=O)N[C@H](C)[C@H](c1cccs1)[NH+]1CCN(c2ccc(OC)cc2)CC1. The molecule has 8 heteroatoms. The minimum absolute atomic E-state index is 0.106. The number of piperazine rings is 1. The summed E-state index contributed by atoms with van der Waals surface area (Å²) >= 11 is 1.70. The van der Waals surface area contributed by atoms with Gasteiger partial charge in [-0.25, -0.2) is 13.1 Å². The van der Waals surface area contributed by atoms with Gasteiger partial charge < -0.3 is 14.5 Å². The van der Waals surface area contributed by atoms with Crippen molar-refractivity contribution in [3.63, 3.8) is 0 Å². The third-order valence-corrected chi connectivity index (χ3v) is 7.82. The Kier molecular flexibility index (Phi) is 6.98. The number of sulfonamides is 1. The molecule has 0 unspecified atom stereocenters. The summed E-state index contributed by atoms with van der Waals surface area (Å²) in [7, 11) is -1.56. The van der Waals surface area contributed by atoms with Crippen LogP contribution >= 0.6 is 11.3 Å². The van der Waals surface area contributed by atoms with E-state index < -0.39 is 10.0 Å². The van der Waals surface area contributed by atoms with Crippen LogP contribution in [0.5, 0.6) is 5.75 Å². The summed E-state index contributed by atoms with van der Waals surface area (Å²) in [6.45, 7) is 7.48. The maximum absolute atomic E-state index is 12.1. The van der Waals surface area contributed by atoms with E-state index in [2.05, 4.69) is 33.2 Å². The lowest BCUT2D eigenvalue weighted by Gasteiger charge is -2.39. The fraction of sp³-hybridized carbons (Fsp3) is 0.500. The number of nitrogens with one attached hydrogen (secondary N) is 2. The number of benzene rings is 1. The van der Waals surface area contributed by atoms with Crippen molar-refractivity contribution in [2.24, 2.45) is 0 Å². The lowest BCUT2D eigenvalue weighted by Crippen LogP contribution is -3.16. The number of methoxy groups -OCH3 is 1. The molecule has 3 rings (SSSR count). The lowest BCUT2D eigenvalue weighted by molar-refractivity contribution is -0.933. The Morgan fingerprint density at radius 2 is 1.89 bits per heavy atom. The minimum Gasteiger partial charge on any atom is -0.497 e. The van der Waals surface area contributed by atoms with Crippen LogP contribution in [0, 0.1) is 0 Å². The molecule has 154 valence electrons. The third-order valence-electron chi connectivity index (χ3n) is 5.38. The van der Waals surface area contributed by atoms with Gasteiger partial charge in [-0.05, 0) is 49.6 Å². The highest BCUT2D eigenvalue weighted by Crippen LogP contribution is 2.22. The molecular weight excluding hydrogens is 394 g/mol. The Morgan fingerprint density at radius 1 is 1.21 bits per heavy atom. The van der Waals surface area contributed by atoms with Crippen LogP contribution < -0.4 is 19.3 Å². The summed E-state index contributed by atoms with van der Waals surface area (Å²) in [6, 6.07) is 12.3. The first kappa shape index (κ1) is 21.1. The van der Waals surface area contributed by atoms with E-state index in [1.54, 1.807) is 25.4 Å². The second-order valence-electron chi connectivity index (χ2n) is 7.15. The number of rotatable bonds is 8. The van der Waals surface area contributed by atoms with Gasteiger partial charge in [-0.15, -0.1) is 11.3 Å². The molecule has 0 aliphatic carbocycles. The topological polar surface area (TPSA) is 63.1 Å². The molecule has 1 aliphatic heterocycles. The summed E-state index contributed by atoms with van der Waals surface area (Å²) in [5, 5.41) is 2.07. The molecule has 0 radical (unpaired) electrons. The Labute approximate surface area is 172 Å². The summed E-state index contributed by atoms with van der Waals surface area (Å²) < 4.78 is 32.4. The van der Waals surface area contributed by atoms with Crippen molar-refractivity contribution in [2.75, 3.05) is 43.9 Å². The van der Waals surface area contributed by atoms with E-state index in [1.807, 2.05) is 25.1 Å². The monoisotopic (exact) mass is 424 g/mol. The number of anilines is 1. The van der Waals surface area contributed by atoms with Gasteiger partial charge in [-0.2, -0.15) is 0 Å². The molecule has 2 heterocycles. The Morgan fingerprint density at radius 3 is 2.43 bits per heavy atom. The van der Waals surface area contributed by atoms with Crippen molar-refractivity contribution in [1.29, 1.82) is 0 Å². The second-order valence-corrected chi connectivity index (χ2v) is 10.2. The van der Waals surface area contributed by atoms with Gasteiger partial charge in [0, 0.05) is 5.69 Å². The molecule has 1 aromatic carbocycles. The third kappa shape index (κ3) is 5.05. The smallest absolute Gasteiger partial charge is 0.211 e. The number of ether oxygens (including phenoxy) is 1. The highest BCUT2D eigenvalue weighted by atomic mass is 32.2. The zero-order valence-corrected chi connectivity index (χ0v) is 18.4. The van der Waals surface area contributed by atoms with Gasteiger partial charge in [0.2, 0.25) is 10.0 Å². The predicted molar refractivity (Wildman–Crippen MR) is 115 cm³/mol. The fourth-order valence-corrected chi connectivity index (χ4v) is 5.72. The first-order chi connectivity index (χ1) is 13.4. The van der Waals surface area contributed by atoms with E-state index in [0.717, 1.165) is 31.9 Å². The Bertz CT molecular complexity index is 830. The molecule has 1 saturated heterocycles. The lowest BCUT2D eigenvalue weighted by atomic mass is 10.1. The molecule has 2 aromatic rings. The molecule has 0 spiro atoms. The van der Waals surface area contributed by atoms with Crippen molar-refractivity contribution in [3.05, 3.63) is 46.7 Å². The Hall–Kier alpha value is -1.61. The standard InChI is InChI=1S/C20H29N3O3S2/c1-4-28(24,25)21-16(2)20(19-6-5-15-27-19)23-13-11-22(12-14-23)17-7-9-18(26-3)10-8-17/h5-10,15-16,20-21H,4,11-14H2,1-3H3/p+1/t16-,20-/m1/s1. The molecular formula is C20H30N3O3S2+. The molecule has 0 amide bonds. The number of thiophene rings is 1. The summed E-state index contributed by atoms with van der Waals surface area (Å²) in [6.07, 6.45) is 0. The van der Waals surface area contributed by atoms with Crippen LogP contribution in [0.4, 0.5) is 5.69 Å². The van der Waals surface area contributed by atoms with Crippen LogP contribution in [0.3, 0.4) is 0 Å². The maximum Gasteiger partial charge on any atom is 0.211 e. The van der Waals surface area contributed by atoms with Crippen molar-refractivity contribution in [3.8, 4) is 5.75 Å². The summed E-state index contributed by atoms with van der Waals surface area (Å²) in [4.78, 5) is 5.05. The predicted octanol–water partition coefficient (Wildman–Crippen LogP) is 1.53. The number of hydrogen-bond acceptors (Lipinski definition) is 5. The van der Waals surface area contributed by atoms with Crippen molar-refractivity contribution < 1.29 is 18.1 Å². The van der Waals surface area contributed by atoms with E-state index in [1.165, 1.54) is 15.5 Å². The average Bonchev–Trinajstić information content (AvgIpc) is 3.22. The highest BCUT2D eigenvalue weighted by molar-refractivity contribution is 7.89. The fourth-order valence-electron chi connectivity index (χ4n) is 3.86. The largest absolute Gasteiger partial charge is 0.497 e. The van der Waals surface area contributed by atoms with Gasteiger partial charge in [0.25, 0.3) is 0 Å². The molecule has 28 heavy (non-hydrogen) atoms. The molecule has 6 nitrogen and oxygen atoms in total. The Balaban J connectivity index is 1.70. The van der Waals surface area contributed by atoms with Gasteiger partial charge >= 0.3 is 0 Å². The van der Waals surface area contributed by atoms with Crippen molar-refractivity contribution in [2.45, 2.75) is 25.9 Å². The van der Waals surface area contributed by atoms with E-state index in [9.17, 15) is 8.42 Å². The van der Waals surface area contributed by atoms with Crippen LogP contribution in [0.1, 0.15) is 24.8 Å². The van der Waals surface area contributed by atoms with E-state index >= 15 is 0 Å². The number of nitrogens with zero attached hydrogens (tertiary/aromatic N) is 1. The first-order valence-corrected chi connectivity index (χ1v) is 12.2. The van der Waals surface area contributed by atoms with Gasteiger partial charge in [0.05, 0.1) is 50.0 Å². The zero-order valence-electron chi connectivity index (χ0n) is 16.7. The highest BCUT2D eigenvalue weighted by Gasteiger charge is 2.35. The quantitative estimate of drug-likeness (QED) is 0.675. The normalized spacial score (nSPS) is 18.0. The second kappa shape index (κ2) is 9.26. The van der Waals surface area contributed by atoms with E-state index in [4.69, 9.17) is 4.74 Å². The summed E-state index contributed by atoms with van der Waals surface area (Å²) in [5.74, 6) is 0.970. The van der Waals surface area contributed by atoms with Gasteiger partial charge in [0.1, 0.15) is 11.8 Å². The van der Waals surface area contributed by atoms with Gasteiger partial charge in [-0.1, -0.05) is 6.07 Å². The van der Waals surface area contributed by atoms with Gasteiger partial charge in [0.15, 0.2) is 0 Å². The van der Waals surface area contributed by atoms with Crippen LogP contribution in [-0.4, -0.2) is 53.5 Å². The molecule has 1 fully saturated rings. The molecule has 0 bridgehead atoms. The van der Waals surface area contributed by atoms with Crippen LogP contribution in [0.25, 0.3) is 0 Å². The minimum atomic E-state index is -3.23. The van der Waals surface area contributed by atoms with Crippen LogP contribution in [0.2, 0.25) is 0 Å². The summed E-state index contributed by atoms with van der Waals surface area (Å²) in [5.41, 5.74) is 1.20. The van der Waals surface area contributed by atoms with Crippen LogP contribution in [-0.2, 0) is 10.0 Å². The maximum atomic E-state index is 12.1.